The van der Waals surface area contributed by atoms with Crippen LogP contribution in [-0.4, -0.2) is 33.1 Å². The van der Waals surface area contributed by atoms with E-state index < -0.39 is 0 Å². The molecule has 1 saturated carbocycles. The number of benzene rings is 1. The molecule has 3 N–H and O–H groups in total. The lowest BCUT2D eigenvalue weighted by Crippen LogP contribution is -2.31. The first-order chi connectivity index (χ1) is 13.5. The number of thioether (sulfide) groups is 1. The molecule has 152 valence electrons. The molecule has 0 radical (unpaired) electrons. The number of nitrogen functional groups attached to an aromatic ring is 1. The van der Waals surface area contributed by atoms with Gasteiger partial charge in [-0.3, -0.25) is 4.79 Å². The van der Waals surface area contributed by atoms with E-state index in [1.165, 1.54) is 48.5 Å². The van der Waals surface area contributed by atoms with Crippen molar-refractivity contribution in [3.63, 3.8) is 0 Å². The minimum atomic E-state index is 0.00612. The second-order valence-corrected chi connectivity index (χ2v) is 8.42. The number of nitrogens with zero attached hydrogens (tertiary/aromatic N) is 3. The average molecular weight is 404 g/mol. The second kappa shape index (κ2) is 9.82. The molecule has 1 fully saturated rings. The third-order valence-electron chi connectivity index (χ3n) is 4.94. The largest absolute Gasteiger partial charge is 0.486 e. The van der Waals surface area contributed by atoms with E-state index in [-0.39, 0.29) is 18.3 Å². The Morgan fingerprint density at radius 3 is 2.64 bits per heavy atom. The molecule has 0 unspecified atom stereocenters. The van der Waals surface area contributed by atoms with Gasteiger partial charge < -0.3 is 15.9 Å². The van der Waals surface area contributed by atoms with Gasteiger partial charge in [0.05, 0.1) is 5.75 Å². The highest BCUT2D eigenvalue weighted by molar-refractivity contribution is 7.99. The SMILES string of the molecule is Cc1cc(C)cc(OCc2nnc(SCC(=O)NCC3CCCCC3)n2N)c1. The van der Waals surface area contributed by atoms with Crippen LogP contribution in [0.25, 0.3) is 0 Å². The van der Waals surface area contributed by atoms with Crippen molar-refractivity contribution >= 4 is 17.7 Å². The van der Waals surface area contributed by atoms with E-state index in [1.54, 1.807) is 0 Å². The van der Waals surface area contributed by atoms with E-state index >= 15 is 0 Å². The molecule has 28 heavy (non-hydrogen) atoms. The van der Waals surface area contributed by atoms with Crippen LogP contribution in [-0.2, 0) is 11.4 Å². The zero-order valence-corrected chi connectivity index (χ0v) is 17.4. The van der Waals surface area contributed by atoms with Gasteiger partial charge in [-0.2, -0.15) is 0 Å². The predicted octanol–water partition coefficient (Wildman–Crippen LogP) is 2.98. The lowest BCUT2D eigenvalue weighted by atomic mass is 9.89. The Morgan fingerprint density at radius 1 is 1.21 bits per heavy atom. The molecule has 8 heteroatoms. The zero-order valence-electron chi connectivity index (χ0n) is 16.6. The smallest absolute Gasteiger partial charge is 0.230 e. The molecule has 0 aliphatic heterocycles. The van der Waals surface area contributed by atoms with Crippen LogP contribution in [0.4, 0.5) is 0 Å². The predicted molar refractivity (Wildman–Crippen MR) is 111 cm³/mol. The topological polar surface area (TPSA) is 95.1 Å². The highest BCUT2D eigenvalue weighted by Gasteiger charge is 2.16. The molecule has 1 aromatic carbocycles. The summed E-state index contributed by atoms with van der Waals surface area (Å²) in [6.07, 6.45) is 6.31. The van der Waals surface area contributed by atoms with E-state index in [9.17, 15) is 4.79 Å². The van der Waals surface area contributed by atoms with Crippen LogP contribution in [0.1, 0.15) is 49.1 Å². The number of amides is 1. The molecule has 0 saturated heterocycles. The Bertz CT molecular complexity index is 782. The lowest BCUT2D eigenvalue weighted by Gasteiger charge is -2.21. The first kappa shape index (κ1) is 20.5. The number of carbonyl (C=O) groups is 1. The van der Waals surface area contributed by atoms with Crippen molar-refractivity contribution < 1.29 is 9.53 Å². The van der Waals surface area contributed by atoms with E-state index in [2.05, 4.69) is 21.6 Å². The molecular formula is C20H29N5O2S. The maximum absolute atomic E-state index is 12.1. The fourth-order valence-electron chi connectivity index (χ4n) is 3.50. The van der Waals surface area contributed by atoms with Crippen LogP contribution in [0.15, 0.2) is 23.4 Å². The van der Waals surface area contributed by atoms with Crippen molar-refractivity contribution in [1.82, 2.24) is 20.2 Å². The molecular weight excluding hydrogens is 374 g/mol. The third-order valence-corrected chi connectivity index (χ3v) is 5.89. The van der Waals surface area contributed by atoms with E-state index in [0.717, 1.165) is 23.4 Å². The summed E-state index contributed by atoms with van der Waals surface area (Å²) in [6, 6.07) is 6.03. The van der Waals surface area contributed by atoms with Gasteiger partial charge in [0.2, 0.25) is 11.1 Å². The van der Waals surface area contributed by atoms with Gasteiger partial charge in [-0.25, -0.2) is 4.68 Å². The van der Waals surface area contributed by atoms with Gasteiger partial charge in [0, 0.05) is 6.54 Å². The van der Waals surface area contributed by atoms with Gasteiger partial charge in [0.15, 0.2) is 5.82 Å². The third kappa shape index (κ3) is 5.89. The van der Waals surface area contributed by atoms with Crippen molar-refractivity contribution in [3.05, 3.63) is 35.2 Å². The fraction of sp³-hybridized carbons (Fsp3) is 0.550. The average Bonchev–Trinajstić information content (AvgIpc) is 3.03. The van der Waals surface area contributed by atoms with Crippen molar-refractivity contribution in [2.45, 2.75) is 57.7 Å². The Labute approximate surface area is 170 Å². The Hall–Kier alpha value is -2.22. The number of carbonyl (C=O) groups excluding carboxylic acids is 1. The highest BCUT2D eigenvalue weighted by atomic mass is 32.2. The van der Waals surface area contributed by atoms with Gasteiger partial charge in [-0.05, 0) is 55.9 Å². The summed E-state index contributed by atoms with van der Waals surface area (Å²) >= 11 is 1.29. The van der Waals surface area contributed by atoms with Crippen LogP contribution in [0.2, 0.25) is 0 Å². The van der Waals surface area contributed by atoms with E-state index in [4.69, 9.17) is 10.6 Å². The molecule has 0 bridgehead atoms. The number of rotatable bonds is 8. The standard InChI is InChI=1S/C20H29N5O2S/c1-14-8-15(2)10-17(9-14)27-12-18-23-24-20(25(18)21)28-13-19(26)22-11-16-6-4-3-5-7-16/h8-10,16H,3-7,11-13,21H2,1-2H3,(H,22,26). The Morgan fingerprint density at radius 2 is 1.93 bits per heavy atom. The number of hydrogen-bond acceptors (Lipinski definition) is 6. The number of nitrogens with one attached hydrogen (secondary N) is 1. The molecule has 1 heterocycles. The number of nitrogens with two attached hydrogens (primary N) is 1. The van der Waals surface area contributed by atoms with E-state index in [1.807, 2.05) is 26.0 Å². The monoisotopic (exact) mass is 403 g/mol. The van der Waals surface area contributed by atoms with Crippen molar-refractivity contribution in [3.8, 4) is 5.75 Å². The van der Waals surface area contributed by atoms with Gasteiger partial charge >= 0.3 is 0 Å². The van der Waals surface area contributed by atoms with Crippen molar-refractivity contribution in [1.29, 1.82) is 0 Å². The normalized spacial score (nSPS) is 14.8. The molecule has 2 aromatic rings. The van der Waals surface area contributed by atoms with Crippen LogP contribution < -0.4 is 15.9 Å². The zero-order chi connectivity index (χ0) is 19.9. The van der Waals surface area contributed by atoms with Gasteiger partial charge in [0.1, 0.15) is 12.4 Å². The molecule has 1 aromatic heterocycles. The second-order valence-electron chi connectivity index (χ2n) is 7.48. The number of ether oxygens (including phenoxy) is 1. The summed E-state index contributed by atoms with van der Waals surface area (Å²) in [5, 5.41) is 11.7. The molecule has 1 aliphatic carbocycles. The number of hydrogen-bond donors (Lipinski definition) is 2. The summed E-state index contributed by atoms with van der Waals surface area (Å²) < 4.78 is 7.18. The summed E-state index contributed by atoms with van der Waals surface area (Å²) in [7, 11) is 0. The molecule has 0 spiro atoms. The quantitative estimate of drug-likeness (QED) is 0.520. The molecule has 0 atom stereocenters. The van der Waals surface area contributed by atoms with Gasteiger partial charge in [-0.15, -0.1) is 10.2 Å². The number of aryl methyl sites for hydroxylation is 2. The maximum Gasteiger partial charge on any atom is 0.230 e. The van der Waals surface area contributed by atoms with Crippen LogP contribution >= 0.6 is 11.8 Å². The van der Waals surface area contributed by atoms with Crippen LogP contribution in [0, 0.1) is 19.8 Å². The van der Waals surface area contributed by atoms with Crippen molar-refractivity contribution in [2.24, 2.45) is 5.92 Å². The minimum absolute atomic E-state index is 0.00612. The van der Waals surface area contributed by atoms with Crippen LogP contribution in [0.5, 0.6) is 5.75 Å². The summed E-state index contributed by atoms with van der Waals surface area (Å²) in [6.45, 7) is 5.04. The fourth-order valence-corrected chi connectivity index (χ4v) is 4.20. The lowest BCUT2D eigenvalue weighted by molar-refractivity contribution is -0.118. The van der Waals surface area contributed by atoms with E-state index in [0.29, 0.717) is 16.9 Å². The summed E-state index contributed by atoms with van der Waals surface area (Å²) in [4.78, 5) is 12.1. The van der Waals surface area contributed by atoms with Crippen LogP contribution in [0.3, 0.4) is 0 Å². The maximum atomic E-state index is 12.1. The number of aromatic nitrogens is 3. The summed E-state index contributed by atoms with van der Waals surface area (Å²) in [5.74, 6) is 8.26. The molecule has 3 rings (SSSR count). The first-order valence-electron chi connectivity index (χ1n) is 9.81. The Kier molecular flexibility index (Phi) is 7.19. The molecule has 1 amide bonds. The molecule has 7 nitrogen and oxygen atoms in total. The first-order valence-corrected chi connectivity index (χ1v) is 10.8. The highest BCUT2D eigenvalue weighted by Crippen LogP contribution is 2.23. The molecule has 1 aliphatic rings. The minimum Gasteiger partial charge on any atom is -0.486 e. The van der Waals surface area contributed by atoms with Gasteiger partial charge in [0.25, 0.3) is 0 Å². The van der Waals surface area contributed by atoms with Gasteiger partial charge in [-0.1, -0.05) is 37.1 Å². The summed E-state index contributed by atoms with van der Waals surface area (Å²) in [5.41, 5.74) is 2.28. The Balaban J connectivity index is 1.45. The van der Waals surface area contributed by atoms with Crippen molar-refractivity contribution in [2.75, 3.05) is 18.1 Å².